The summed E-state index contributed by atoms with van der Waals surface area (Å²) in [6, 6.07) is 12.0. The Labute approximate surface area is 128 Å². The lowest BCUT2D eigenvalue weighted by Crippen LogP contribution is -2.02. The fourth-order valence-corrected chi connectivity index (χ4v) is 2.43. The second-order valence-electron chi connectivity index (χ2n) is 5.08. The number of aryl methyl sites for hydroxylation is 2. The lowest BCUT2D eigenvalue weighted by atomic mass is 10.1. The molecule has 0 saturated heterocycles. The van der Waals surface area contributed by atoms with Crippen molar-refractivity contribution in [2.24, 2.45) is 0 Å². The van der Waals surface area contributed by atoms with Gasteiger partial charge in [0.15, 0.2) is 0 Å². The van der Waals surface area contributed by atoms with Gasteiger partial charge in [-0.2, -0.15) is 0 Å². The summed E-state index contributed by atoms with van der Waals surface area (Å²) in [5, 5.41) is 9.80. The lowest BCUT2D eigenvalue weighted by molar-refractivity contribution is 0.190. The first-order valence-corrected chi connectivity index (χ1v) is 7.43. The van der Waals surface area contributed by atoms with E-state index in [-0.39, 0.29) is 0 Å². The molecule has 0 heterocycles. The Hall–Kier alpha value is -1.32. The number of halogens is 1. The molecular weight excluding hydrogens is 316 g/mol. The molecule has 2 aromatic carbocycles. The lowest BCUT2D eigenvalue weighted by Gasteiger charge is -2.15. The fourth-order valence-electron chi connectivity index (χ4n) is 2.09. The number of aliphatic hydroxyl groups is 1. The maximum absolute atomic E-state index is 9.80. The highest BCUT2D eigenvalue weighted by molar-refractivity contribution is 9.10. The van der Waals surface area contributed by atoms with Crippen molar-refractivity contribution in [3.05, 3.63) is 63.1 Å². The van der Waals surface area contributed by atoms with Crippen LogP contribution in [0.2, 0.25) is 0 Å². The molecule has 3 heteroatoms. The molecule has 0 radical (unpaired) electrons. The zero-order valence-electron chi connectivity index (χ0n) is 12.0. The Morgan fingerprint density at radius 1 is 1.15 bits per heavy atom. The predicted octanol–water partition coefficient (Wildman–Crippen LogP) is 4.70. The van der Waals surface area contributed by atoms with Crippen molar-refractivity contribution in [1.29, 1.82) is 0 Å². The SMILES string of the molecule is Cc1ccc(C)c(COc2cc(Br)ccc2[C@H](C)O)c1. The summed E-state index contributed by atoms with van der Waals surface area (Å²) in [4.78, 5) is 0. The zero-order chi connectivity index (χ0) is 14.7. The van der Waals surface area contributed by atoms with Gasteiger partial charge in [0.1, 0.15) is 12.4 Å². The van der Waals surface area contributed by atoms with E-state index >= 15 is 0 Å². The van der Waals surface area contributed by atoms with Gasteiger partial charge in [0.05, 0.1) is 6.10 Å². The summed E-state index contributed by atoms with van der Waals surface area (Å²) in [7, 11) is 0. The van der Waals surface area contributed by atoms with Gasteiger partial charge in [0, 0.05) is 10.0 Å². The molecule has 0 aliphatic rings. The molecule has 2 aromatic rings. The molecule has 0 spiro atoms. The summed E-state index contributed by atoms with van der Waals surface area (Å²) in [6.07, 6.45) is -0.545. The maximum Gasteiger partial charge on any atom is 0.126 e. The summed E-state index contributed by atoms with van der Waals surface area (Å²) >= 11 is 3.44. The second-order valence-corrected chi connectivity index (χ2v) is 5.99. The van der Waals surface area contributed by atoms with E-state index in [0.29, 0.717) is 6.61 Å². The average molecular weight is 335 g/mol. The van der Waals surface area contributed by atoms with E-state index in [0.717, 1.165) is 15.8 Å². The van der Waals surface area contributed by atoms with Crippen LogP contribution in [0.4, 0.5) is 0 Å². The standard InChI is InChI=1S/C17H19BrO2/c1-11-4-5-12(2)14(8-11)10-20-17-9-15(18)6-7-16(17)13(3)19/h4-9,13,19H,10H2,1-3H3/t13-/m0/s1. The highest BCUT2D eigenvalue weighted by atomic mass is 79.9. The summed E-state index contributed by atoms with van der Waals surface area (Å²) in [5.74, 6) is 0.718. The fraction of sp³-hybridized carbons (Fsp3) is 0.294. The predicted molar refractivity (Wildman–Crippen MR) is 85.0 cm³/mol. The van der Waals surface area contributed by atoms with Gasteiger partial charge in [-0.3, -0.25) is 0 Å². The third-order valence-electron chi connectivity index (χ3n) is 3.31. The van der Waals surface area contributed by atoms with Gasteiger partial charge in [-0.25, -0.2) is 0 Å². The Morgan fingerprint density at radius 2 is 1.90 bits per heavy atom. The number of hydrogen-bond donors (Lipinski definition) is 1. The Kier molecular flexibility index (Phi) is 4.84. The zero-order valence-corrected chi connectivity index (χ0v) is 13.6. The van der Waals surface area contributed by atoms with Gasteiger partial charge in [-0.15, -0.1) is 0 Å². The molecule has 0 aliphatic carbocycles. The van der Waals surface area contributed by atoms with Crippen LogP contribution in [0.25, 0.3) is 0 Å². The topological polar surface area (TPSA) is 29.5 Å². The smallest absolute Gasteiger partial charge is 0.126 e. The molecule has 2 nitrogen and oxygen atoms in total. The minimum absolute atomic E-state index is 0.504. The van der Waals surface area contributed by atoms with E-state index in [4.69, 9.17) is 4.74 Å². The first kappa shape index (κ1) is 15.1. The van der Waals surface area contributed by atoms with E-state index in [1.165, 1.54) is 16.7 Å². The van der Waals surface area contributed by atoms with Gasteiger partial charge in [0.2, 0.25) is 0 Å². The Balaban J connectivity index is 2.22. The highest BCUT2D eigenvalue weighted by Crippen LogP contribution is 2.29. The van der Waals surface area contributed by atoms with E-state index in [1.54, 1.807) is 6.92 Å². The summed E-state index contributed by atoms with van der Waals surface area (Å²) < 4.78 is 6.85. The maximum atomic E-state index is 9.80. The van der Waals surface area contributed by atoms with E-state index in [2.05, 4.69) is 48.0 Å². The average Bonchev–Trinajstić information content (AvgIpc) is 2.39. The van der Waals surface area contributed by atoms with Crippen LogP contribution in [0, 0.1) is 13.8 Å². The first-order chi connectivity index (χ1) is 9.47. The van der Waals surface area contributed by atoms with Crippen LogP contribution in [-0.2, 0) is 6.61 Å². The van der Waals surface area contributed by atoms with Crippen LogP contribution in [0.5, 0.6) is 5.75 Å². The van der Waals surface area contributed by atoms with Crippen LogP contribution in [0.1, 0.15) is 35.3 Å². The molecular formula is C17H19BrO2. The minimum Gasteiger partial charge on any atom is -0.488 e. The number of benzene rings is 2. The van der Waals surface area contributed by atoms with Crippen LogP contribution in [-0.4, -0.2) is 5.11 Å². The van der Waals surface area contributed by atoms with Crippen LogP contribution >= 0.6 is 15.9 Å². The van der Waals surface area contributed by atoms with Crippen molar-refractivity contribution in [2.45, 2.75) is 33.5 Å². The van der Waals surface area contributed by atoms with Crippen LogP contribution in [0.3, 0.4) is 0 Å². The van der Waals surface area contributed by atoms with Crippen molar-refractivity contribution in [2.75, 3.05) is 0 Å². The summed E-state index contributed by atoms with van der Waals surface area (Å²) in [5.41, 5.74) is 4.41. The monoisotopic (exact) mass is 334 g/mol. The van der Waals surface area contributed by atoms with Gasteiger partial charge in [-0.1, -0.05) is 45.8 Å². The molecule has 2 rings (SSSR count). The first-order valence-electron chi connectivity index (χ1n) is 6.64. The molecule has 20 heavy (non-hydrogen) atoms. The van der Waals surface area contributed by atoms with E-state index < -0.39 is 6.10 Å². The summed E-state index contributed by atoms with van der Waals surface area (Å²) in [6.45, 7) is 6.40. The molecule has 0 fully saturated rings. The molecule has 1 N–H and O–H groups in total. The van der Waals surface area contributed by atoms with Gasteiger partial charge < -0.3 is 9.84 Å². The second kappa shape index (κ2) is 6.42. The van der Waals surface area contributed by atoms with E-state index in [9.17, 15) is 5.11 Å². The Morgan fingerprint density at radius 3 is 2.60 bits per heavy atom. The number of ether oxygens (including phenoxy) is 1. The number of hydrogen-bond acceptors (Lipinski definition) is 2. The third-order valence-corrected chi connectivity index (χ3v) is 3.81. The number of rotatable bonds is 4. The van der Waals surface area contributed by atoms with Crippen molar-refractivity contribution in [3.63, 3.8) is 0 Å². The molecule has 0 unspecified atom stereocenters. The van der Waals surface area contributed by atoms with Gasteiger partial charge >= 0.3 is 0 Å². The Bertz CT molecular complexity index is 606. The van der Waals surface area contributed by atoms with Crippen molar-refractivity contribution in [1.82, 2.24) is 0 Å². The minimum atomic E-state index is -0.545. The highest BCUT2D eigenvalue weighted by Gasteiger charge is 2.10. The molecule has 106 valence electrons. The van der Waals surface area contributed by atoms with Crippen molar-refractivity contribution < 1.29 is 9.84 Å². The molecule has 0 amide bonds. The van der Waals surface area contributed by atoms with Crippen LogP contribution < -0.4 is 4.74 Å². The molecule has 0 bridgehead atoms. The van der Waals surface area contributed by atoms with E-state index in [1.807, 2.05) is 18.2 Å². The largest absolute Gasteiger partial charge is 0.488 e. The normalized spacial score (nSPS) is 12.2. The number of aliphatic hydroxyl groups excluding tert-OH is 1. The third kappa shape index (κ3) is 3.62. The van der Waals surface area contributed by atoms with Crippen molar-refractivity contribution in [3.8, 4) is 5.75 Å². The molecule has 1 atom stereocenters. The molecule has 0 aromatic heterocycles. The van der Waals surface area contributed by atoms with Crippen LogP contribution in [0.15, 0.2) is 40.9 Å². The molecule has 0 aliphatic heterocycles. The quantitative estimate of drug-likeness (QED) is 0.878. The molecule has 0 saturated carbocycles. The van der Waals surface area contributed by atoms with Crippen molar-refractivity contribution >= 4 is 15.9 Å². The van der Waals surface area contributed by atoms with Gasteiger partial charge in [0.25, 0.3) is 0 Å². The van der Waals surface area contributed by atoms with Gasteiger partial charge in [-0.05, 0) is 44.0 Å².